The number of H-pyrrole nitrogens is 1. The van der Waals surface area contributed by atoms with Crippen LogP contribution in [-0.2, 0) is 4.79 Å². The average Bonchev–Trinajstić information content (AvgIpc) is 2.96. The van der Waals surface area contributed by atoms with Crippen molar-refractivity contribution < 1.29 is 9.59 Å². The van der Waals surface area contributed by atoms with E-state index in [-0.39, 0.29) is 16.9 Å². The summed E-state index contributed by atoms with van der Waals surface area (Å²) in [4.78, 5) is 31.4. The SMILES string of the molecule is CC(=O)c1cccc(NC(=O)[C@@H](C)Sc2nc3ccc(Cl)cc3[nH]2)c1. The fraction of sp³-hybridized carbons (Fsp3) is 0.167. The van der Waals surface area contributed by atoms with Crippen molar-refractivity contribution in [2.75, 3.05) is 5.32 Å². The first-order chi connectivity index (χ1) is 11.9. The van der Waals surface area contributed by atoms with Crippen molar-refractivity contribution in [2.24, 2.45) is 0 Å². The zero-order chi connectivity index (χ0) is 18.0. The minimum absolute atomic E-state index is 0.0422. The van der Waals surface area contributed by atoms with Gasteiger partial charge in [0, 0.05) is 16.3 Å². The molecule has 0 fully saturated rings. The number of thioether (sulfide) groups is 1. The molecule has 5 nitrogen and oxygen atoms in total. The second kappa shape index (κ2) is 7.29. The van der Waals surface area contributed by atoms with E-state index in [9.17, 15) is 9.59 Å². The Hall–Kier alpha value is -2.31. The fourth-order valence-corrected chi connectivity index (χ4v) is 3.29. The second-order valence-electron chi connectivity index (χ2n) is 5.59. The third kappa shape index (κ3) is 4.21. The molecule has 0 saturated carbocycles. The number of amides is 1. The summed E-state index contributed by atoms with van der Waals surface area (Å²) in [5.41, 5.74) is 2.79. The molecule has 0 radical (unpaired) electrons. The number of aromatic amines is 1. The second-order valence-corrected chi connectivity index (χ2v) is 7.36. The maximum Gasteiger partial charge on any atom is 0.237 e. The Morgan fingerprint density at radius 2 is 2.04 bits per heavy atom. The lowest BCUT2D eigenvalue weighted by Crippen LogP contribution is -2.22. The molecule has 3 aromatic rings. The zero-order valence-corrected chi connectivity index (χ0v) is 15.2. The number of halogens is 1. The molecule has 1 atom stereocenters. The van der Waals surface area contributed by atoms with E-state index in [1.807, 2.05) is 6.07 Å². The van der Waals surface area contributed by atoms with E-state index in [1.54, 1.807) is 43.3 Å². The van der Waals surface area contributed by atoms with Gasteiger partial charge in [-0.2, -0.15) is 0 Å². The molecule has 1 amide bonds. The van der Waals surface area contributed by atoms with E-state index in [0.29, 0.717) is 21.4 Å². The highest BCUT2D eigenvalue weighted by molar-refractivity contribution is 8.00. The van der Waals surface area contributed by atoms with Gasteiger partial charge in [-0.25, -0.2) is 4.98 Å². The Labute approximate surface area is 154 Å². The largest absolute Gasteiger partial charge is 0.333 e. The molecule has 0 aliphatic rings. The van der Waals surface area contributed by atoms with Crippen LogP contribution in [0, 0.1) is 0 Å². The highest BCUT2D eigenvalue weighted by atomic mass is 35.5. The van der Waals surface area contributed by atoms with E-state index >= 15 is 0 Å². The summed E-state index contributed by atoms with van der Waals surface area (Å²) in [5.74, 6) is -0.205. The number of nitrogens with zero attached hydrogens (tertiary/aromatic N) is 1. The summed E-state index contributed by atoms with van der Waals surface area (Å²) in [5, 5.41) is 3.74. The van der Waals surface area contributed by atoms with Crippen LogP contribution in [0.4, 0.5) is 5.69 Å². The van der Waals surface area contributed by atoms with Gasteiger partial charge < -0.3 is 10.3 Å². The van der Waals surface area contributed by atoms with E-state index < -0.39 is 0 Å². The number of aromatic nitrogens is 2. The van der Waals surface area contributed by atoms with Gasteiger partial charge in [-0.3, -0.25) is 9.59 Å². The fourth-order valence-electron chi connectivity index (χ4n) is 2.30. The number of Topliss-reactive ketones (excluding diaryl/α,β-unsaturated/α-hetero) is 1. The van der Waals surface area contributed by atoms with Crippen molar-refractivity contribution in [3.8, 4) is 0 Å². The van der Waals surface area contributed by atoms with Crippen LogP contribution in [0.3, 0.4) is 0 Å². The number of carbonyl (C=O) groups is 2. The van der Waals surface area contributed by atoms with E-state index in [4.69, 9.17) is 11.6 Å². The van der Waals surface area contributed by atoms with E-state index in [1.165, 1.54) is 18.7 Å². The number of hydrogen-bond acceptors (Lipinski definition) is 4. The number of rotatable bonds is 5. The first-order valence-electron chi connectivity index (χ1n) is 7.66. The van der Waals surface area contributed by atoms with Gasteiger partial charge in [-0.15, -0.1) is 0 Å². The minimum atomic E-state index is -0.364. The van der Waals surface area contributed by atoms with Gasteiger partial charge >= 0.3 is 0 Å². The van der Waals surface area contributed by atoms with Crippen molar-refractivity contribution in [1.82, 2.24) is 9.97 Å². The summed E-state index contributed by atoms with van der Waals surface area (Å²) < 4.78 is 0. The third-order valence-electron chi connectivity index (χ3n) is 3.62. The van der Waals surface area contributed by atoms with Crippen LogP contribution in [0.25, 0.3) is 11.0 Å². The Morgan fingerprint density at radius 1 is 1.24 bits per heavy atom. The average molecular weight is 374 g/mol. The van der Waals surface area contributed by atoms with Gasteiger partial charge in [0.2, 0.25) is 5.91 Å². The molecule has 0 aliphatic heterocycles. The molecule has 128 valence electrons. The summed E-state index contributed by atoms with van der Waals surface area (Å²) in [7, 11) is 0. The minimum Gasteiger partial charge on any atom is -0.333 e. The number of benzene rings is 2. The van der Waals surface area contributed by atoms with E-state index in [2.05, 4.69) is 15.3 Å². The van der Waals surface area contributed by atoms with Crippen LogP contribution >= 0.6 is 23.4 Å². The van der Waals surface area contributed by atoms with Gasteiger partial charge in [-0.05, 0) is 44.2 Å². The molecule has 3 rings (SSSR count). The third-order valence-corrected chi connectivity index (χ3v) is 4.84. The Morgan fingerprint density at radius 3 is 2.80 bits per heavy atom. The lowest BCUT2D eigenvalue weighted by molar-refractivity contribution is -0.115. The molecule has 0 saturated heterocycles. The first-order valence-corrected chi connectivity index (χ1v) is 8.92. The number of carbonyl (C=O) groups excluding carboxylic acids is 2. The van der Waals surface area contributed by atoms with Crippen LogP contribution in [0.2, 0.25) is 5.02 Å². The van der Waals surface area contributed by atoms with Crippen molar-refractivity contribution in [3.63, 3.8) is 0 Å². The number of fused-ring (bicyclic) bond motifs is 1. The molecule has 1 heterocycles. The molecule has 7 heteroatoms. The number of imidazole rings is 1. The topological polar surface area (TPSA) is 74.8 Å². The molecule has 0 unspecified atom stereocenters. The highest BCUT2D eigenvalue weighted by Gasteiger charge is 2.17. The molecule has 0 bridgehead atoms. The van der Waals surface area contributed by atoms with Gasteiger partial charge in [0.25, 0.3) is 0 Å². The molecule has 25 heavy (non-hydrogen) atoms. The smallest absolute Gasteiger partial charge is 0.237 e. The molecule has 1 aromatic heterocycles. The highest BCUT2D eigenvalue weighted by Crippen LogP contribution is 2.26. The zero-order valence-electron chi connectivity index (χ0n) is 13.7. The molecular formula is C18H16ClN3O2S. The van der Waals surface area contributed by atoms with Gasteiger partial charge in [0.15, 0.2) is 10.9 Å². The van der Waals surface area contributed by atoms with E-state index in [0.717, 1.165) is 11.0 Å². The lowest BCUT2D eigenvalue weighted by atomic mass is 10.1. The molecule has 0 spiro atoms. The van der Waals surface area contributed by atoms with Crippen LogP contribution in [0.15, 0.2) is 47.6 Å². The van der Waals surface area contributed by atoms with Crippen LogP contribution in [0.1, 0.15) is 24.2 Å². The number of hydrogen-bond donors (Lipinski definition) is 2. The number of nitrogens with one attached hydrogen (secondary N) is 2. The number of ketones is 1. The molecule has 2 N–H and O–H groups in total. The summed E-state index contributed by atoms with van der Waals surface area (Å²) in [6, 6.07) is 12.3. The van der Waals surface area contributed by atoms with Crippen molar-refractivity contribution in [1.29, 1.82) is 0 Å². The molecule has 0 aliphatic carbocycles. The first kappa shape index (κ1) is 17.5. The Balaban J connectivity index is 1.69. The summed E-state index contributed by atoms with van der Waals surface area (Å²) >= 11 is 7.29. The quantitative estimate of drug-likeness (QED) is 0.508. The Kier molecular flexibility index (Phi) is 5.11. The van der Waals surface area contributed by atoms with Crippen LogP contribution < -0.4 is 5.32 Å². The monoisotopic (exact) mass is 373 g/mol. The standard InChI is InChI=1S/C18H16ClN3O2S/c1-10(23)12-4-3-5-14(8-12)20-17(24)11(2)25-18-21-15-7-6-13(19)9-16(15)22-18/h3-9,11H,1-2H3,(H,20,24)(H,21,22)/t11-/m1/s1. The predicted octanol–water partition coefficient (Wildman–Crippen LogP) is 4.54. The molecular weight excluding hydrogens is 358 g/mol. The summed E-state index contributed by atoms with van der Waals surface area (Å²) in [6.07, 6.45) is 0. The maximum absolute atomic E-state index is 12.4. The normalized spacial score (nSPS) is 12.1. The van der Waals surface area contributed by atoms with Gasteiger partial charge in [0.1, 0.15) is 0 Å². The van der Waals surface area contributed by atoms with Gasteiger partial charge in [0.05, 0.1) is 16.3 Å². The summed E-state index contributed by atoms with van der Waals surface area (Å²) in [6.45, 7) is 3.29. The predicted molar refractivity (Wildman–Crippen MR) is 101 cm³/mol. The van der Waals surface area contributed by atoms with Crippen LogP contribution in [-0.4, -0.2) is 26.9 Å². The van der Waals surface area contributed by atoms with Crippen molar-refractivity contribution in [2.45, 2.75) is 24.3 Å². The maximum atomic E-state index is 12.4. The lowest BCUT2D eigenvalue weighted by Gasteiger charge is -2.11. The van der Waals surface area contributed by atoms with Crippen LogP contribution in [0.5, 0.6) is 0 Å². The Bertz CT molecular complexity index is 954. The van der Waals surface area contributed by atoms with Crippen molar-refractivity contribution in [3.05, 3.63) is 53.1 Å². The molecule has 2 aromatic carbocycles. The van der Waals surface area contributed by atoms with Crippen molar-refractivity contribution >= 4 is 51.8 Å². The van der Waals surface area contributed by atoms with Gasteiger partial charge in [-0.1, -0.05) is 35.5 Å². The number of anilines is 1.